The van der Waals surface area contributed by atoms with E-state index >= 15 is 0 Å². The molecule has 0 atom stereocenters. The van der Waals surface area contributed by atoms with Crippen molar-refractivity contribution < 1.29 is 4.39 Å². The Bertz CT molecular complexity index is 1000. The van der Waals surface area contributed by atoms with E-state index in [9.17, 15) is 4.39 Å². The molecule has 4 rings (SSSR count). The van der Waals surface area contributed by atoms with E-state index in [-0.39, 0.29) is 5.69 Å². The van der Waals surface area contributed by atoms with Gasteiger partial charge in [0.1, 0.15) is 13.9 Å². The summed E-state index contributed by atoms with van der Waals surface area (Å²) in [5, 5.41) is 2.16. The molecule has 0 saturated carbocycles. The zero-order valence-electron chi connectivity index (χ0n) is 13.5. The van der Waals surface area contributed by atoms with Gasteiger partial charge in [0.05, 0.1) is 12.3 Å². The Balaban J connectivity index is 2.09. The smallest absolute Gasteiger partial charge is 0.222 e. The van der Waals surface area contributed by atoms with Crippen LogP contribution in [-0.4, -0.2) is 13.1 Å². The average Bonchev–Trinajstić information content (AvgIpc) is 2.84. The zero-order valence-corrected chi connectivity index (χ0v) is 14.5. The van der Waals surface area contributed by atoms with E-state index in [2.05, 4.69) is 35.1 Å². The normalized spacial score (nSPS) is 13.9. The van der Waals surface area contributed by atoms with Crippen molar-refractivity contribution in [2.45, 2.75) is 13.1 Å². The van der Waals surface area contributed by atoms with Gasteiger partial charge in [-0.2, -0.15) is 0 Å². The first kappa shape index (κ1) is 14.8. The fraction of sp³-hybridized carbons (Fsp3) is 0.100. The van der Waals surface area contributed by atoms with Gasteiger partial charge in [-0.05, 0) is 39.7 Å². The third kappa shape index (κ3) is 1.88. The Morgan fingerprint density at radius 1 is 0.917 bits per heavy atom. The molecule has 0 fully saturated rings. The molecule has 0 amide bonds. The average molecular weight is 330 g/mol. The molecule has 3 aromatic rings. The first-order valence-corrected chi connectivity index (χ1v) is 10.8. The quantitative estimate of drug-likeness (QED) is 0.482. The van der Waals surface area contributed by atoms with Crippen LogP contribution in [0.3, 0.4) is 0 Å². The van der Waals surface area contributed by atoms with Crippen LogP contribution < -0.4 is 10.4 Å². The predicted octanol–water partition coefficient (Wildman–Crippen LogP) is 4.24. The molecule has 0 aliphatic carbocycles. The lowest BCUT2D eigenvalue weighted by atomic mass is 10.0. The first-order chi connectivity index (χ1) is 11.6. The fourth-order valence-corrected chi connectivity index (χ4v) is 7.53. The van der Waals surface area contributed by atoms with Gasteiger partial charge in [-0.25, -0.2) is 9.24 Å². The van der Waals surface area contributed by atoms with Gasteiger partial charge in [0, 0.05) is 11.8 Å². The second-order valence-electron chi connectivity index (χ2n) is 6.50. The molecule has 0 saturated heterocycles. The van der Waals surface area contributed by atoms with Crippen molar-refractivity contribution >= 4 is 24.1 Å². The summed E-state index contributed by atoms with van der Waals surface area (Å²) < 4.78 is 14.2. The van der Waals surface area contributed by atoms with Crippen molar-refractivity contribution in [3.63, 3.8) is 0 Å². The highest BCUT2D eigenvalue weighted by atomic mass is 28.3. The Labute approximate surface area is 141 Å². The van der Waals surface area contributed by atoms with E-state index in [0.717, 1.165) is 27.6 Å². The van der Waals surface area contributed by atoms with Crippen molar-refractivity contribution in [3.05, 3.63) is 72.0 Å². The number of halogens is 1. The second kappa shape index (κ2) is 5.12. The highest BCUT2D eigenvalue weighted by molar-refractivity contribution is 7.05. The van der Waals surface area contributed by atoms with Crippen molar-refractivity contribution in [1.29, 1.82) is 0 Å². The number of benzene rings is 2. The minimum absolute atomic E-state index is 0.187. The molecule has 0 spiro atoms. The molecular weight excluding hydrogens is 315 g/mol. The minimum atomic E-state index is -2.20. The van der Waals surface area contributed by atoms with Gasteiger partial charge in [-0.1, -0.05) is 43.4 Å². The van der Waals surface area contributed by atoms with Crippen LogP contribution in [-0.2, 0) is 0 Å². The standard InChI is InChI=1S/C20H15FN2Si/c1-22-18-16(21)11-10-14-13-7-6-8-15(17-9-4-5-12-23-17)19(13)24(2,3)20(14)18/h4-12H,2-3H3. The van der Waals surface area contributed by atoms with Crippen LogP contribution in [0.15, 0.2) is 54.7 Å². The highest BCUT2D eigenvalue weighted by Gasteiger charge is 2.42. The Kier molecular flexibility index (Phi) is 3.15. The third-order valence-corrected chi connectivity index (χ3v) is 8.33. The number of pyridine rings is 1. The number of hydrogen-bond acceptors (Lipinski definition) is 1. The van der Waals surface area contributed by atoms with Crippen molar-refractivity contribution in [1.82, 2.24) is 4.98 Å². The molecule has 1 aromatic heterocycles. The van der Waals surface area contributed by atoms with Crippen molar-refractivity contribution in [2.75, 3.05) is 0 Å². The lowest BCUT2D eigenvalue weighted by Gasteiger charge is -2.23. The molecular formula is C20H15FN2Si. The summed E-state index contributed by atoms with van der Waals surface area (Å²) in [6, 6.07) is 15.3. The number of fused-ring (bicyclic) bond motifs is 3. The summed E-state index contributed by atoms with van der Waals surface area (Å²) in [7, 11) is -2.20. The molecule has 116 valence electrons. The number of rotatable bonds is 1. The van der Waals surface area contributed by atoms with Gasteiger partial charge in [-0.3, -0.25) is 4.98 Å². The van der Waals surface area contributed by atoms with Gasteiger partial charge < -0.3 is 0 Å². The van der Waals surface area contributed by atoms with E-state index in [1.807, 2.05) is 30.3 Å². The van der Waals surface area contributed by atoms with Crippen molar-refractivity contribution in [3.8, 4) is 22.4 Å². The van der Waals surface area contributed by atoms with Crippen LogP contribution in [0.2, 0.25) is 13.1 Å². The predicted molar refractivity (Wildman–Crippen MR) is 98.1 cm³/mol. The van der Waals surface area contributed by atoms with Crippen LogP contribution in [0.5, 0.6) is 0 Å². The van der Waals surface area contributed by atoms with Gasteiger partial charge in [-0.15, -0.1) is 0 Å². The monoisotopic (exact) mass is 330 g/mol. The maximum absolute atomic E-state index is 14.2. The molecule has 1 aliphatic heterocycles. The molecule has 0 N–H and O–H groups in total. The van der Waals surface area contributed by atoms with E-state index in [1.54, 1.807) is 6.20 Å². The summed E-state index contributed by atoms with van der Waals surface area (Å²) in [4.78, 5) is 8.02. The zero-order chi connectivity index (χ0) is 16.9. The van der Waals surface area contributed by atoms with E-state index < -0.39 is 13.9 Å². The molecule has 4 heteroatoms. The van der Waals surface area contributed by atoms with Gasteiger partial charge in [0.2, 0.25) is 5.69 Å². The molecule has 0 radical (unpaired) electrons. The Hall–Kier alpha value is -2.77. The van der Waals surface area contributed by atoms with Gasteiger partial charge >= 0.3 is 0 Å². The van der Waals surface area contributed by atoms with Crippen LogP contribution in [0.1, 0.15) is 0 Å². The molecule has 24 heavy (non-hydrogen) atoms. The number of aromatic nitrogens is 1. The van der Waals surface area contributed by atoms with Crippen LogP contribution in [0.4, 0.5) is 10.1 Å². The first-order valence-electron chi connectivity index (χ1n) is 7.81. The summed E-state index contributed by atoms with van der Waals surface area (Å²) in [5.74, 6) is -0.420. The molecule has 2 nitrogen and oxygen atoms in total. The lowest BCUT2D eigenvalue weighted by molar-refractivity contribution is 0.634. The van der Waals surface area contributed by atoms with Crippen LogP contribution >= 0.6 is 0 Å². The lowest BCUT2D eigenvalue weighted by Crippen LogP contribution is -2.50. The van der Waals surface area contributed by atoms with Crippen molar-refractivity contribution in [2.24, 2.45) is 0 Å². The van der Waals surface area contributed by atoms with Crippen LogP contribution in [0.25, 0.3) is 27.2 Å². The van der Waals surface area contributed by atoms with Gasteiger partial charge in [0.15, 0.2) is 0 Å². The molecule has 0 unspecified atom stereocenters. The summed E-state index contributed by atoms with van der Waals surface area (Å²) in [6.07, 6.45) is 1.79. The van der Waals surface area contributed by atoms with Crippen LogP contribution in [0, 0.1) is 12.4 Å². The number of hydrogen-bond donors (Lipinski definition) is 0. The Morgan fingerprint density at radius 2 is 1.67 bits per heavy atom. The highest BCUT2D eigenvalue weighted by Crippen LogP contribution is 2.36. The van der Waals surface area contributed by atoms with E-state index in [1.165, 1.54) is 11.3 Å². The van der Waals surface area contributed by atoms with E-state index in [0.29, 0.717) is 0 Å². The van der Waals surface area contributed by atoms with Gasteiger partial charge in [0.25, 0.3) is 0 Å². The topological polar surface area (TPSA) is 17.2 Å². The second-order valence-corrected chi connectivity index (χ2v) is 10.7. The number of nitrogens with zero attached hydrogens (tertiary/aromatic N) is 2. The molecule has 2 aromatic carbocycles. The van der Waals surface area contributed by atoms with E-state index in [4.69, 9.17) is 6.57 Å². The molecule has 1 aliphatic rings. The molecule has 2 heterocycles. The largest absolute Gasteiger partial charge is 0.256 e. The third-order valence-electron chi connectivity index (χ3n) is 4.79. The SMILES string of the molecule is [C-]#[N+]c1c(F)ccc2c1[Si](C)(C)c1c(-c3ccccn3)cccc1-2. The summed E-state index contributed by atoms with van der Waals surface area (Å²) in [6.45, 7) is 11.8. The minimum Gasteiger partial charge on any atom is -0.256 e. The maximum Gasteiger partial charge on any atom is 0.222 e. The molecule has 0 bridgehead atoms. The Morgan fingerprint density at radius 3 is 2.38 bits per heavy atom. The summed E-state index contributed by atoms with van der Waals surface area (Å²) >= 11 is 0. The fourth-order valence-electron chi connectivity index (χ4n) is 3.84. The summed E-state index contributed by atoms with van der Waals surface area (Å²) in [5.41, 5.74) is 4.33. The maximum atomic E-state index is 14.2.